The molecule has 3 rings (SSSR count). The summed E-state index contributed by atoms with van der Waals surface area (Å²) in [5.41, 5.74) is 1.19. The van der Waals surface area contributed by atoms with E-state index in [1.54, 1.807) is 14.2 Å². The van der Waals surface area contributed by atoms with E-state index in [1.807, 2.05) is 6.07 Å². The number of halogens is 1. The van der Waals surface area contributed by atoms with Gasteiger partial charge in [-0.3, -0.25) is 4.90 Å². The fourth-order valence-corrected chi connectivity index (χ4v) is 4.21. The number of hydrogen-bond donors (Lipinski definition) is 1. The van der Waals surface area contributed by atoms with Gasteiger partial charge in [0.1, 0.15) is 11.5 Å². The molecule has 3 atom stereocenters. The molecule has 2 saturated heterocycles. The van der Waals surface area contributed by atoms with Gasteiger partial charge in [0.05, 0.1) is 18.7 Å². The summed E-state index contributed by atoms with van der Waals surface area (Å²) in [6.45, 7) is 6.75. The standard InChI is InChI=1S/C16H23BrN2O2/c1-10-13-7-18-6-12(13)9-19(10)8-11-4-16(21-3)14(17)5-15(11)20-2/h4-5,10,12-13,18H,6-9H2,1-3H3. The minimum Gasteiger partial charge on any atom is -0.496 e. The normalized spacial score (nSPS) is 28.7. The maximum absolute atomic E-state index is 5.54. The molecule has 21 heavy (non-hydrogen) atoms. The van der Waals surface area contributed by atoms with Crippen molar-refractivity contribution in [1.29, 1.82) is 0 Å². The average Bonchev–Trinajstić information content (AvgIpc) is 3.04. The molecule has 5 heteroatoms. The van der Waals surface area contributed by atoms with E-state index in [0.29, 0.717) is 6.04 Å². The molecule has 0 bridgehead atoms. The van der Waals surface area contributed by atoms with Crippen LogP contribution in [0.2, 0.25) is 0 Å². The molecule has 0 radical (unpaired) electrons. The molecule has 2 aliphatic heterocycles. The quantitative estimate of drug-likeness (QED) is 0.900. The van der Waals surface area contributed by atoms with E-state index in [1.165, 1.54) is 12.1 Å². The van der Waals surface area contributed by atoms with Gasteiger partial charge in [0.15, 0.2) is 0 Å². The van der Waals surface area contributed by atoms with Crippen LogP contribution in [0.3, 0.4) is 0 Å². The zero-order valence-electron chi connectivity index (χ0n) is 12.9. The number of likely N-dealkylation sites (tertiary alicyclic amines) is 1. The molecule has 2 aliphatic rings. The van der Waals surface area contributed by atoms with Gasteiger partial charge in [0.2, 0.25) is 0 Å². The van der Waals surface area contributed by atoms with Crippen molar-refractivity contribution in [2.45, 2.75) is 19.5 Å². The molecular weight excluding hydrogens is 332 g/mol. The first-order valence-corrected chi connectivity index (χ1v) is 8.28. The van der Waals surface area contributed by atoms with E-state index >= 15 is 0 Å². The second-order valence-corrected chi connectivity index (χ2v) is 6.91. The average molecular weight is 355 g/mol. The Hall–Kier alpha value is -0.780. The van der Waals surface area contributed by atoms with E-state index in [-0.39, 0.29) is 0 Å². The molecular formula is C16H23BrN2O2. The lowest BCUT2D eigenvalue weighted by atomic mass is 9.95. The van der Waals surface area contributed by atoms with Crippen LogP contribution in [0.5, 0.6) is 11.5 Å². The fourth-order valence-electron chi connectivity index (χ4n) is 3.73. The lowest BCUT2D eigenvalue weighted by Gasteiger charge is -2.25. The summed E-state index contributed by atoms with van der Waals surface area (Å²) in [6.07, 6.45) is 0. The van der Waals surface area contributed by atoms with Crippen molar-refractivity contribution in [2.75, 3.05) is 33.9 Å². The van der Waals surface area contributed by atoms with Gasteiger partial charge in [0, 0.05) is 24.7 Å². The van der Waals surface area contributed by atoms with Gasteiger partial charge in [-0.2, -0.15) is 0 Å². The highest BCUT2D eigenvalue weighted by molar-refractivity contribution is 9.10. The first kappa shape index (κ1) is 15.1. The summed E-state index contributed by atoms with van der Waals surface area (Å²) in [7, 11) is 3.43. The van der Waals surface area contributed by atoms with Gasteiger partial charge in [-0.1, -0.05) is 0 Å². The Morgan fingerprint density at radius 1 is 1.24 bits per heavy atom. The van der Waals surface area contributed by atoms with Crippen LogP contribution in [0, 0.1) is 11.8 Å². The maximum Gasteiger partial charge on any atom is 0.133 e. The monoisotopic (exact) mass is 354 g/mol. The third kappa shape index (κ3) is 2.79. The van der Waals surface area contributed by atoms with E-state index in [0.717, 1.165) is 47.4 Å². The number of methoxy groups -OCH3 is 2. The summed E-state index contributed by atoms with van der Waals surface area (Å²) in [4.78, 5) is 2.57. The highest BCUT2D eigenvalue weighted by Gasteiger charge is 2.41. The van der Waals surface area contributed by atoms with Gasteiger partial charge in [-0.25, -0.2) is 0 Å². The minimum atomic E-state index is 0.615. The van der Waals surface area contributed by atoms with Crippen molar-refractivity contribution < 1.29 is 9.47 Å². The summed E-state index contributed by atoms with van der Waals surface area (Å²) in [5.74, 6) is 3.36. The summed E-state index contributed by atoms with van der Waals surface area (Å²) in [6, 6.07) is 4.70. The van der Waals surface area contributed by atoms with Crippen LogP contribution >= 0.6 is 15.9 Å². The first-order chi connectivity index (χ1) is 10.1. The number of fused-ring (bicyclic) bond motifs is 1. The second kappa shape index (κ2) is 6.15. The molecule has 1 aromatic carbocycles. The van der Waals surface area contributed by atoms with Gasteiger partial charge in [-0.05, 0) is 59.9 Å². The number of benzene rings is 1. The molecule has 0 aliphatic carbocycles. The molecule has 1 aromatic rings. The van der Waals surface area contributed by atoms with Crippen molar-refractivity contribution in [3.8, 4) is 11.5 Å². The van der Waals surface area contributed by atoms with Crippen LogP contribution in [0.25, 0.3) is 0 Å². The Morgan fingerprint density at radius 2 is 2.00 bits per heavy atom. The van der Waals surface area contributed by atoms with Crippen LogP contribution in [-0.4, -0.2) is 44.8 Å². The highest BCUT2D eigenvalue weighted by Crippen LogP contribution is 2.37. The zero-order valence-corrected chi connectivity index (χ0v) is 14.4. The lowest BCUT2D eigenvalue weighted by Crippen LogP contribution is -2.32. The van der Waals surface area contributed by atoms with Gasteiger partial charge < -0.3 is 14.8 Å². The Morgan fingerprint density at radius 3 is 2.67 bits per heavy atom. The largest absolute Gasteiger partial charge is 0.496 e. The molecule has 0 spiro atoms. The summed E-state index contributed by atoms with van der Waals surface area (Å²) >= 11 is 3.52. The summed E-state index contributed by atoms with van der Waals surface area (Å²) in [5, 5.41) is 3.51. The van der Waals surface area contributed by atoms with Gasteiger partial charge in [-0.15, -0.1) is 0 Å². The third-order valence-corrected chi connectivity index (χ3v) is 5.60. The molecule has 0 amide bonds. The number of nitrogens with one attached hydrogen (secondary N) is 1. The molecule has 0 aromatic heterocycles. The Kier molecular flexibility index (Phi) is 4.43. The number of nitrogens with zero attached hydrogens (tertiary/aromatic N) is 1. The van der Waals surface area contributed by atoms with Gasteiger partial charge >= 0.3 is 0 Å². The highest BCUT2D eigenvalue weighted by atomic mass is 79.9. The smallest absolute Gasteiger partial charge is 0.133 e. The first-order valence-electron chi connectivity index (χ1n) is 7.49. The molecule has 116 valence electrons. The van der Waals surface area contributed by atoms with Crippen LogP contribution in [-0.2, 0) is 6.54 Å². The van der Waals surface area contributed by atoms with Crippen molar-refractivity contribution >= 4 is 15.9 Å². The van der Waals surface area contributed by atoms with Crippen molar-refractivity contribution in [1.82, 2.24) is 10.2 Å². The van der Waals surface area contributed by atoms with Crippen LogP contribution in [0.1, 0.15) is 12.5 Å². The number of hydrogen-bond acceptors (Lipinski definition) is 4. The molecule has 4 nitrogen and oxygen atoms in total. The van der Waals surface area contributed by atoms with Crippen LogP contribution < -0.4 is 14.8 Å². The predicted octanol–water partition coefficient (Wildman–Crippen LogP) is 2.51. The van der Waals surface area contributed by atoms with Crippen molar-refractivity contribution in [3.63, 3.8) is 0 Å². The maximum atomic E-state index is 5.54. The fraction of sp³-hybridized carbons (Fsp3) is 0.625. The summed E-state index contributed by atoms with van der Waals surface area (Å²) < 4.78 is 11.9. The number of ether oxygens (including phenoxy) is 2. The Labute approximate surface area is 134 Å². The van der Waals surface area contributed by atoms with E-state index in [9.17, 15) is 0 Å². The molecule has 3 unspecified atom stereocenters. The SMILES string of the molecule is COc1cc(CN2CC3CNCC3C2C)c(OC)cc1Br. The topological polar surface area (TPSA) is 33.7 Å². The minimum absolute atomic E-state index is 0.615. The van der Waals surface area contributed by atoms with Crippen LogP contribution in [0.4, 0.5) is 0 Å². The Bertz CT molecular complexity index is 523. The molecule has 0 saturated carbocycles. The predicted molar refractivity (Wildman–Crippen MR) is 87.0 cm³/mol. The van der Waals surface area contributed by atoms with Crippen molar-refractivity contribution in [2.24, 2.45) is 11.8 Å². The van der Waals surface area contributed by atoms with E-state index in [4.69, 9.17) is 9.47 Å². The lowest BCUT2D eigenvalue weighted by molar-refractivity contribution is 0.228. The van der Waals surface area contributed by atoms with Crippen molar-refractivity contribution in [3.05, 3.63) is 22.2 Å². The third-order valence-electron chi connectivity index (χ3n) is 4.98. The molecule has 1 N–H and O–H groups in total. The van der Waals surface area contributed by atoms with Crippen LogP contribution in [0.15, 0.2) is 16.6 Å². The molecule has 2 fully saturated rings. The van der Waals surface area contributed by atoms with E-state index < -0.39 is 0 Å². The number of rotatable bonds is 4. The van der Waals surface area contributed by atoms with E-state index in [2.05, 4.69) is 39.1 Å². The zero-order chi connectivity index (χ0) is 15.0. The molecule has 2 heterocycles. The Balaban J connectivity index is 1.81. The second-order valence-electron chi connectivity index (χ2n) is 6.05. The van der Waals surface area contributed by atoms with Gasteiger partial charge in [0.25, 0.3) is 0 Å².